The molecule has 2 heterocycles. The molecule has 2 atom stereocenters. The molecule has 7 nitrogen and oxygen atoms in total. The fourth-order valence-corrected chi connectivity index (χ4v) is 3.41. The summed E-state index contributed by atoms with van der Waals surface area (Å²) in [5.41, 5.74) is 3.18. The fourth-order valence-electron chi connectivity index (χ4n) is 3.41. The summed E-state index contributed by atoms with van der Waals surface area (Å²) in [6, 6.07) is 19.4. The molecule has 0 saturated carbocycles. The summed E-state index contributed by atoms with van der Waals surface area (Å²) in [4.78, 5) is 25.1. The number of benzene rings is 2. The number of esters is 1. The van der Waals surface area contributed by atoms with Gasteiger partial charge in [0, 0.05) is 6.42 Å². The summed E-state index contributed by atoms with van der Waals surface area (Å²) < 4.78 is 10.6. The van der Waals surface area contributed by atoms with E-state index in [1.807, 2.05) is 31.2 Å². The molecule has 0 aliphatic carbocycles. The molecule has 4 rings (SSSR count). The van der Waals surface area contributed by atoms with E-state index >= 15 is 0 Å². The molecule has 0 saturated heterocycles. The van der Waals surface area contributed by atoms with Crippen LogP contribution in [0, 0.1) is 6.92 Å². The smallest absolute Gasteiger partial charge is 0.340 e. The molecule has 158 valence electrons. The normalized spacial score (nSPS) is 16.6. The van der Waals surface area contributed by atoms with Crippen molar-refractivity contribution in [1.82, 2.24) is 5.01 Å². The number of aliphatic hydroxyl groups is 1. The standard InChI is InChI=1S/C24H22N2O5/c1-16-9-11-17(12-10-16)19-14-20(21-8-5-13-30-21)26(25-19)22(27)15-31-24(29)23(28)18-6-3-2-4-7-18/h2-13,20,23,28H,14-15H2,1H3/t20-,23+/m1/s1. The van der Waals surface area contributed by atoms with Gasteiger partial charge in [0.15, 0.2) is 12.7 Å². The SMILES string of the molecule is Cc1ccc(C2=NN(C(=O)COC(=O)[C@@H](O)c3ccccc3)[C@@H](c3ccco3)C2)cc1. The van der Waals surface area contributed by atoms with E-state index in [-0.39, 0.29) is 0 Å². The highest BCUT2D eigenvalue weighted by atomic mass is 16.5. The maximum Gasteiger partial charge on any atom is 0.340 e. The second kappa shape index (κ2) is 8.97. The lowest BCUT2D eigenvalue weighted by molar-refractivity contribution is -0.160. The molecule has 0 bridgehead atoms. The molecule has 1 aliphatic rings. The third-order valence-electron chi connectivity index (χ3n) is 5.10. The highest BCUT2D eigenvalue weighted by molar-refractivity contribution is 6.03. The fraction of sp³-hybridized carbons (Fsp3) is 0.208. The van der Waals surface area contributed by atoms with E-state index in [1.54, 1.807) is 42.5 Å². The number of hydrogen-bond acceptors (Lipinski definition) is 6. The predicted octanol–water partition coefficient (Wildman–Crippen LogP) is 3.54. The molecule has 31 heavy (non-hydrogen) atoms. The second-order valence-electron chi connectivity index (χ2n) is 7.31. The van der Waals surface area contributed by atoms with Crippen molar-refractivity contribution < 1.29 is 23.8 Å². The average molecular weight is 418 g/mol. The van der Waals surface area contributed by atoms with Crippen molar-refractivity contribution in [3.05, 3.63) is 95.4 Å². The van der Waals surface area contributed by atoms with Gasteiger partial charge >= 0.3 is 5.97 Å². The lowest BCUT2D eigenvalue weighted by atomic mass is 10.0. The average Bonchev–Trinajstić information content (AvgIpc) is 3.48. The van der Waals surface area contributed by atoms with Crippen molar-refractivity contribution in [2.75, 3.05) is 6.61 Å². The maximum absolute atomic E-state index is 12.9. The second-order valence-corrected chi connectivity index (χ2v) is 7.31. The number of carbonyl (C=O) groups is 2. The third-order valence-corrected chi connectivity index (χ3v) is 5.10. The Morgan fingerprint density at radius 1 is 1.13 bits per heavy atom. The highest BCUT2D eigenvalue weighted by Gasteiger charge is 2.35. The van der Waals surface area contributed by atoms with Crippen molar-refractivity contribution in [1.29, 1.82) is 0 Å². The van der Waals surface area contributed by atoms with Gasteiger partial charge in [0.25, 0.3) is 5.91 Å². The van der Waals surface area contributed by atoms with E-state index < -0.39 is 30.6 Å². The van der Waals surface area contributed by atoms with Crippen LogP contribution >= 0.6 is 0 Å². The van der Waals surface area contributed by atoms with Gasteiger partial charge in [-0.15, -0.1) is 0 Å². The van der Waals surface area contributed by atoms with E-state index in [0.717, 1.165) is 16.8 Å². The number of carbonyl (C=O) groups excluding carboxylic acids is 2. The van der Waals surface area contributed by atoms with Crippen LogP contribution in [-0.2, 0) is 14.3 Å². The van der Waals surface area contributed by atoms with Crippen molar-refractivity contribution in [2.24, 2.45) is 5.10 Å². The number of ether oxygens (including phenoxy) is 1. The zero-order valence-corrected chi connectivity index (χ0v) is 17.0. The number of nitrogens with zero attached hydrogens (tertiary/aromatic N) is 2. The first-order valence-electron chi connectivity index (χ1n) is 9.92. The van der Waals surface area contributed by atoms with E-state index in [1.165, 1.54) is 11.3 Å². The number of aryl methyl sites for hydroxylation is 1. The number of hydrazone groups is 1. The molecule has 0 radical (unpaired) electrons. The summed E-state index contributed by atoms with van der Waals surface area (Å²) in [6.07, 6.45) is 0.557. The van der Waals surface area contributed by atoms with Crippen LogP contribution in [0.1, 0.15) is 41.0 Å². The van der Waals surface area contributed by atoms with Gasteiger partial charge in [-0.3, -0.25) is 4.79 Å². The minimum Gasteiger partial charge on any atom is -0.467 e. The Morgan fingerprint density at radius 3 is 2.55 bits per heavy atom. The lowest BCUT2D eigenvalue weighted by Crippen LogP contribution is -2.32. The first kappa shape index (κ1) is 20.6. The molecule has 1 aliphatic heterocycles. The van der Waals surface area contributed by atoms with Crippen LogP contribution < -0.4 is 0 Å². The Balaban J connectivity index is 1.48. The zero-order chi connectivity index (χ0) is 21.8. The molecule has 1 amide bonds. The van der Waals surface area contributed by atoms with Crippen LogP contribution in [0.3, 0.4) is 0 Å². The number of aliphatic hydroxyl groups excluding tert-OH is 1. The van der Waals surface area contributed by atoms with Crippen molar-refractivity contribution in [3.63, 3.8) is 0 Å². The Morgan fingerprint density at radius 2 is 1.87 bits per heavy atom. The number of rotatable bonds is 6. The van der Waals surface area contributed by atoms with E-state index in [2.05, 4.69) is 5.10 Å². The van der Waals surface area contributed by atoms with Gasteiger partial charge in [-0.05, 0) is 30.2 Å². The number of amides is 1. The van der Waals surface area contributed by atoms with Crippen LogP contribution in [-0.4, -0.2) is 34.3 Å². The van der Waals surface area contributed by atoms with Crippen LogP contribution in [0.2, 0.25) is 0 Å². The van der Waals surface area contributed by atoms with Gasteiger partial charge in [0.1, 0.15) is 11.8 Å². The first-order chi connectivity index (χ1) is 15.0. The topological polar surface area (TPSA) is 92.3 Å². The van der Waals surface area contributed by atoms with Gasteiger partial charge in [-0.1, -0.05) is 60.2 Å². The van der Waals surface area contributed by atoms with E-state index in [4.69, 9.17) is 9.15 Å². The Bertz CT molecular complexity index is 1070. The van der Waals surface area contributed by atoms with Gasteiger partial charge in [-0.25, -0.2) is 9.80 Å². The van der Waals surface area contributed by atoms with Gasteiger partial charge in [0.05, 0.1) is 12.0 Å². The van der Waals surface area contributed by atoms with Crippen LogP contribution in [0.25, 0.3) is 0 Å². The molecule has 0 unspecified atom stereocenters. The minimum absolute atomic E-state index is 0.397. The Labute approximate surface area is 179 Å². The summed E-state index contributed by atoms with van der Waals surface area (Å²) in [7, 11) is 0. The van der Waals surface area contributed by atoms with Crippen LogP contribution in [0.15, 0.2) is 82.5 Å². The monoisotopic (exact) mass is 418 g/mol. The minimum atomic E-state index is -1.46. The summed E-state index contributed by atoms with van der Waals surface area (Å²) in [6.45, 7) is 1.46. The first-order valence-corrected chi connectivity index (χ1v) is 9.92. The zero-order valence-electron chi connectivity index (χ0n) is 17.0. The molecule has 2 aromatic carbocycles. The molecule has 7 heteroatoms. The van der Waals surface area contributed by atoms with Gasteiger partial charge in [-0.2, -0.15) is 5.10 Å². The molecular formula is C24H22N2O5. The Hall–Kier alpha value is -3.71. The Kier molecular flexibility index (Phi) is 5.95. The summed E-state index contributed by atoms with van der Waals surface area (Å²) >= 11 is 0. The third kappa shape index (κ3) is 4.57. The molecule has 1 aromatic heterocycles. The van der Waals surface area contributed by atoms with Crippen molar-refractivity contribution >= 4 is 17.6 Å². The summed E-state index contributed by atoms with van der Waals surface area (Å²) in [5.74, 6) is -0.803. The van der Waals surface area contributed by atoms with Crippen molar-refractivity contribution in [3.8, 4) is 0 Å². The van der Waals surface area contributed by atoms with E-state index in [9.17, 15) is 14.7 Å². The van der Waals surface area contributed by atoms with Crippen LogP contribution in [0.4, 0.5) is 0 Å². The molecule has 0 spiro atoms. The van der Waals surface area contributed by atoms with Crippen LogP contribution in [0.5, 0.6) is 0 Å². The largest absolute Gasteiger partial charge is 0.467 e. The summed E-state index contributed by atoms with van der Waals surface area (Å²) in [5, 5.41) is 15.9. The molecule has 3 aromatic rings. The highest BCUT2D eigenvalue weighted by Crippen LogP contribution is 2.33. The number of furan rings is 1. The quantitative estimate of drug-likeness (QED) is 0.618. The predicted molar refractivity (Wildman–Crippen MR) is 113 cm³/mol. The molecule has 0 fully saturated rings. The molecule has 1 N–H and O–H groups in total. The van der Waals surface area contributed by atoms with Crippen molar-refractivity contribution in [2.45, 2.75) is 25.5 Å². The van der Waals surface area contributed by atoms with E-state index in [0.29, 0.717) is 17.7 Å². The maximum atomic E-state index is 12.9. The van der Waals surface area contributed by atoms with Gasteiger partial charge in [0.2, 0.25) is 0 Å². The molecular weight excluding hydrogens is 396 g/mol. The number of hydrogen-bond donors (Lipinski definition) is 1. The van der Waals surface area contributed by atoms with Gasteiger partial charge < -0.3 is 14.3 Å². The lowest BCUT2D eigenvalue weighted by Gasteiger charge is -2.20.